The van der Waals surface area contributed by atoms with Gasteiger partial charge in [0.2, 0.25) is 0 Å². The van der Waals surface area contributed by atoms with Gasteiger partial charge in [0.1, 0.15) is 10.6 Å². The van der Waals surface area contributed by atoms with E-state index in [0.29, 0.717) is 5.56 Å². The first kappa shape index (κ1) is 18.1. The Morgan fingerprint density at radius 1 is 1.12 bits per heavy atom. The van der Waals surface area contributed by atoms with Crippen LogP contribution in [0.5, 0.6) is 0 Å². The zero-order chi connectivity index (χ0) is 18.2. The maximum Gasteiger partial charge on any atom is 0.407 e. The molecular weight excluding hydrogens is 460 g/mol. The Bertz CT molecular complexity index is 899. The number of hydrogen-bond acceptors (Lipinski definition) is 3. The van der Waals surface area contributed by atoms with E-state index in [-0.39, 0.29) is 24.4 Å². The largest absolute Gasteiger partial charge is 0.465 e. The van der Waals surface area contributed by atoms with Gasteiger partial charge in [0, 0.05) is 16.7 Å². The van der Waals surface area contributed by atoms with Gasteiger partial charge in [-0.1, -0.05) is 12.1 Å². The van der Waals surface area contributed by atoms with Crippen molar-refractivity contribution < 1.29 is 22.7 Å². The van der Waals surface area contributed by atoms with E-state index in [1.807, 2.05) is 0 Å². The van der Waals surface area contributed by atoms with Gasteiger partial charge >= 0.3 is 6.09 Å². The summed E-state index contributed by atoms with van der Waals surface area (Å²) < 4.78 is 39.5. The van der Waals surface area contributed by atoms with E-state index in [0.717, 1.165) is 20.6 Å². The molecule has 1 heterocycles. The SMILES string of the molecule is O=C(O)N1CC[C@@](c2ccc(I)cc2)(S(=O)(=O)c2ccc(F)cc2)C1. The Balaban J connectivity index is 2.16. The fraction of sp³-hybridized carbons (Fsp3) is 0.235. The highest BCUT2D eigenvalue weighted by atomic mass is 127. The molecule has 1 amide bonds. The molecule has 1 atom stereocenters. The lowest BCUT2D eigenvalue weighted by molar-refractivity contribution is 0.154. The number of amides is 1. The van der Waals surface area contributed by atoms with Crippen LogP contribution in [-0.4, -0.2) is 37.6 Å². The lowest BCUT2D eigenvalue weighted by Crippen LogP contribution is -2.40. The second-order valence-corrected chi connectivity index (χ2v) is 9.42. The number of likely N-dealkylation sites (tertiary alicyclic amines) is 1. The maximum absolute atomic E-state index is 13.4. The highest BCUT2D eigenvalue weighted by molar-refractivity contribution is 14.1. The van der Waals surface area contributed by atoms with Crippen molar-refractivity contribution in [1.29, 1.82) is 0 Å². The van der Waals surface area contributed by atoms with Crippen LogP contribution in [-0.2, 0) is 14.6 Å². The summed E-state index contributed by atoms with van der Waals surface area (Å²) in [5.41, 5.74) is 0.543. The van der Waals surface area contributed by atoms with Gasteiger partial charge in [0.05, 0.1) is 4.90 Å². The first-order valence-corrected chi connectivity index (χ1v) is 10.1. The van der Waals surface area contributed by atoms with Crippen LogP contribution in [0.4, 0.5) is 9.18 Å². The number of sulfone groups is 1. The highest BCUT2D eigenvalue weighted by Crippen LogP contribution is 2.43. The molecule has 1 aliphatic rings. The predicted molar refractivity (Wildman–Crippen MR) is 98.6 cm³/mol. The molecule has 2 aromatic rings. The van der Waals surface area contributed by atoms with Gasteiger partial charge in [0.25, 0.3) is 0 Å². The first-order valence-electron chi connectivity index (χ1n) is 7.50. The molecule has 0 radical (unpaired) electrons. The first-order chi connectivity index (χ1) is 11.8. The Morgan fingerprint density at radius 3 is 2.24 bits per heavy atom. The molecule has 0 aromatic heterocycles. The van der Waals surface area contributed by atoms with Gasteiger partial charge in [-0.3, -0.25) is 0 Å². The average Bonchev–Trinajstić information content (AvgIpc) is 3.03. The predicted octanol–water partition coefficient (Wildman–Crippen LogP) is 3.48. The summed E-state index contributed by atoms with van der Waals surface area (Å²) in [6, 6.07) is 11.7. The minimum Gasteiger partial charge on any atom is -0.465 e. The number of nitrogens with zero attached hydrogens (tertiary/aromatic N) is 1. The van der Waals surface area contributed by atoms with E-state index in [1.165, 1.54) is 12.1 Å². The smallest absolute Gasteiger partial charge is 0.407 e. The van der Waals surface area contributed by atoms with Gasteiger partial charge in [-0.05, 0) is 71.0 Å². The summed E-state index contributed by atoms with van der Waals surface area (Å²) in [6.07, 6.45) is -0.999. The van der Waals surface area contributed by atoms with Gasteiger partial charge in [0.15, 0.2) is 9.84 Å². The number of hydrogen-bond donors (Lipinski definition) is 1. The van der Waals surface area contributed by atoms with E-state index >= 15 is 0 Å². The van der Waals surface area contributed by atoms with Crippen molar-refractivity contribution in [3.63, 3.8) is 0 Å². The molecule has 25 heavy (non-hydrogen) atoms. The molecule has 1 saturated heterocycles. The van der Waals surface area contributed by atoms with Crippen LogP contribution in [0.15, 0.2) is 53.4 Å². The van der Waals surface area contributed by atoms with Crippen molar-refractivity contribution in [2.75, 3.05) is 13.1 Å². The number of rotatable bonds is 3. The van der Waals surface area contributed by atoms with E-state index in [2.05, 4.69) is 22.6 Å². The second-order valence-electron chi connectivity index (χ2n) is 5.91. The summed E-state index contributed by atoms with van der Waals surface area (Å²) in [5, 5.41) is 9.29. The molecule has 132 valence electrons. The molecular formula is C17H15FINO4S. The van der Waals surface area contributed by atoms with Crippen LogP contribution in [0.2, 0.25) is 0 Å². The van der Waals surface area contributed by atoms with Crippen LogP contribution in [0.3, 0.4) is 0 Å². The Morgan fingerprint density at radius 2 is 1.72 bits per heavy atom. The summed E-state index contributed by atoms with van der Waals surface area (Å²) in [7, 11) is -3.92. The summed E-state index contributed by atoms with van der Waals surface area (Å²) in [5.74, 6) is -0.527. The topological polar surface area (TPSA) is 74.7 Å². The van der Waals surface area contributed by atoms with Crippen molar-refractivity contribution in [2.24, 2.45) is 0 Å². The maximum atomic E-state index is 13.4. The standard InChI is InChI=1S/C17H15FINO4S/c18-13-3-7-15(8-4-13)25(23,24)17(9-10-20(11-17)16(21)22)12-1-5-14(19)6-2-12/h1-8H,9-11H2,(H,21,22)/t17-/m1/s1. The summed E-state index contributed by atoms with van der Waals surface area (Å²) >= 11 is 2.12. The molecule has 2 aromatic carbocycles. The van der Waals surface area contributed by atoms with Crippen LogP contribution in [0.1, 0.15) is 12.0 Å². The van der Waals surface area contributed by atoms with Crippen LogP contribution >= 0.6 is 22.6 Å². The van der Waals surface area contributed by atoms with Crippen molar-refractivity contribution in [3.8, 4) is 0 Å². The molecule has 0 saturated carbocycles. The number of carbonyl (C=O) groups is 1. The molecule has 1 N–H and O–H groups in total. The van der Waals surface area contributed by atoms with Crippen molar-refractivity contribution in [1.82, 2.24) is 4.90 Å². The third kappa shape index (κ3) is 3.12. The lowest BCUT2D eigenvalue weighted by Gasteiger charge is -2.29. The molecule has 0 unspecified atom stereocenters. The number of halogens is 2. The zero-order valence-electron chi connectivity index (χ0n) is 13.0. The molecule has 1 fully saturated rings. The molecule has 3 rings (SSSR count). The average molecular weight is 475 g/mol. The summed E-state index contributed by atoms with van der Waals surface area (Å²) in [4.78, 5) is 12.5. The highest BCUT2D eigenvalue weighted by Gasteiger charge is 2.52. The monoisotopic (exact) mass is 475 g/mol. The number of benzene rings is 2. The Labute approximate surface area is 158 Å². The zero-order valence-corrected chi connectivity index (χ0v) is 16.0. The normalized spacial score (nSPS) is 20.6. The molecule has 0 bridgehead atoms. The quantitative estimate of drug-likeness (QED) is 0.545. The summed E-state index contributed by atoms with van der Waals surface area (Å²) in [6.45, 7) is -0.0234. The molecule has 5 nitrogen and oxygen atoms in total. The minimum atomic E-state index is -3.92. The van der Waals surface area contributed by atoms with Crippen LogP contribution < -0.4 is 0 Å². The fourth-order valence-corrected chi connectivity index (χ4v) is 5.59. The molecule has 0 aliphatic carbocycles. The van der Waals surface area contributed by atoms with Crippen LogP contribution in [0.25, 0.3) is 0 Å². The second kappa shape index (κ2) is 6.56. The molecule has 8 heteroatoms. The third-order valence-electron chi connectivity index (χ3n) is 4.51. The lowest BCUT2D eigenvalue weighted by atomic mass is 9.97. The Hall–Kier alpha value is -1.68. The van der Waals surface area contributed by atoms with Gasteiger partial charge in [-0.15, -0.1) is 0 Å². The molecule has 0 spiro atoms. The van der Waals surface area contributed by atoms with Crippen molar-refractivity contribution >= 4 is 38.5 Å². The van der Waals surface area contributed by atoms with Gasteiger partial charge < -0.3 is 10.0 Å². The Kier molecular flexibility index (Phi) is 4.76. The van der Waals surface area contributed by atoms with E-state index in [1.54, 1.807) is 24.3 Å². The van der Waals surface area contributed by atoms with Crippen molar-refractivity contribution in [3.05, 3.63) is 63.5 Å². The van der Waals surface area contributed by atoms with E-state index in [9.17, 15) is 22.7 Å². The third-order valence-corrected chi connectivity index (χ3v) is 7.72. The van der Waals surface area contributed by atoms with Crippen LogP contribution in [0, 0.1) is 9.39 Å². The van der Waals surface area contributed by atoms with E-state index in [4.69, 9.17) is 0 Å². The minimum absolute atomic E-state index is 0.0142. The number of carboxylic acid groups (broad SMARTS) is 1. The van der Waals surface area contributed by atoms with Gasteiger partial charge in [-0.2, -0.15) is 0 Å². The van der Waals surface area contributed by atoms with E-state index < -0.39 is 26.5 Å². The molecule has 1 aliphatic heterocycles. The fourth-order valence-electron chi connectivity index (χ4n) is 3.15. The van der Waals surface area contributed by atoms with Gasteiger partial charge in [-0.25, -0.2) is 17.6 Å². The van der Waals surface area contributed by atoms with Crippen molar-refractivity contribution in [2.45, 2.75) is 16.1 Å².